The molecule has 0 bridgehead atoms. The number of benzene rings is 2. The molecule has 2 aromatic carbocycles. The van der Waals surface area contributed by atoms with Crippen LogP contribution < -0.4 is 4.90 Å². The van der Waals surface area contributed by atoms with E-state index in [9.17, 15) is 13.2 Å². The molecule has 3 aromatic rings. The van der Waals surface area contributed by atoms with E-state index in [1.165, 1.54) is 11.3 Å². The highest BCUT2D eigenvalue weighted by Crippen LogP contribution is 2.33. The van der Waals surface area contributed by atoms with Crippen molar-refractivity contribution in [1.82, 2.24) is 9.88 Å². The van der Waals surface area contributed by atoms with E-state index in [0.717, 1.165) is 10.3 Å². The molecule has 0 aliphatic heterocycles. The second kappa shape index (κ2) is 9.43. The number of halogens is 1. The van der Waals surface area contributed by atoms with Crippen LogP contribution in [0.25, 0.3) is 10.2 Å². The van der Waals surface area contributed by atoms with E-state index in [4.69, 9.17) is 11.6 Å². The number of aryl methyl sites for hydroxylation is 1. The van der Waals surface area contributed by atoms with Gasteiger partial charge in [-0.1, -0.05) is 46.7 Å². The quantitative estimate of drug-likeness (QED) is 0.502. The summed E-state index contributed by atoms with van der Waals surface area (Å²) in [4.78, 5) is 21.3. The Labute approximate surface area is 186 Å². The van der Waals surface area contributed by atoms with Gasteiger partial charge in [0.2, 0.25) is 5.91 Å². The Balaban J connectivity index is 1.81. The number of fused-ring (bicyclic) bond motifs is 1. The summed E-state index contributed by atoms with van der Waals surface area (Å²) in [6, 6.07) is 12.2. The van der Waals surface area contributed by atoms with Crippen molar-refractivity contribution in [2.45, 2.75) is 18.2 Å². The highest BCUT2D eigenvalue weighted by molar-refractivity contribution is 7.91. The van der Waals surface area contributed by atoms with Crippen LogP contribution in [0.1, 0.15) is 12.0 Å². The molecule has 0 aliphatic carbocycles. The summed E-state index contributed by atoms with van der Waals surface area (Å²) in [5, 5.41) is 1.05. The summed E-state index contributed by atoms with van der Waals surface area (Å²) in [6.07, 6.45) is -0.118. The summed E-state index contributed by atoms with van der Waals surface area (Å²) in [5.74, 6) is -0.526. The molecule has 0 N–H and O–H groups in total. The number of carbonyl (C=O) groups excluding carboxylic acids is 1. The van der Waals surface area contributed by atoms with Crippen LogP contribution in [0, 0.1) is 6.92 Å². The average molecular weight is 466 g/mol. The molecule has 0 radical (unpaired) electrons. The van der Waals surface area contributed by atoms with Gasteiger partial charge in [-0.2, -0.15) is 0 Å². The lowest BCUT2D eigenvalue weighted by atomic mass is 10.2. The number of hydrogen-bond acceptors (Lipinski definition) is 6. The predicted molar refractivity (Wildman–Crippen MR) is 123 cm³/mol. The van der Waals surface area contributed by atoms with Crippen molar-refractivity contribution < 1.29 is 13.2 Å². The van der Waals surface area contributed by atoms with E-state index in [1.807, 2.05) is 38.1 Å². The summed E-state index contributed by atoms with van der Waals surface area (Å²) in [7, 11) is 0.286. The Kier molecular flexibility index (Phi) is 7.13. The van der Waals surface area contributed by atoms with Crippen LogP contribution in [0.3, 0.4) is 0 Å². The molecule has 0 spiro atoms. The van der Waals surface area contributed by atoms with Crippen LogP contribution in [-0.4, -0.2) is 57.1 Å². The standard InChI is InChI=1S/C21H24ClN3O3S2/c1-15-7-9-16(10-8-15)30(27,28)14-11-19(26)25(13-12-24(2)3)21-23-20-17(22)5-4-6-18(20)29-21/h4-10H,11-14H2,1-3H3. The molecule has 160 valence electrons. The molecule has 0 aliphatic rings. The topological polar surface area (TPSA) is 70.6 Å². The van der Waals surface area contributed by atoms with Gasteiger partial charge in [-0.25, -0.2) is 13.4 Å². The lowest BCUT2D eigenvalue weighted by Gasteiger charge is -2.22. The Bertz CT molecular complexity index is 1140. The van der Waals surface area contributed by atoms with Crippen molar-refractivity contribution in [1.29, 1.82) is 0 Å². The van der Waals surface area contributed by atoms with Crippen molar-refractivity contribution in [2.75, 3.05) is 37.8 Å². The van der Waals surface area contributed by atoms with Crippen molar-refractivity contribution in [2.24, 2.45) is 0 Å². The molecule has 3 rings (SSSR count). The normalized spacial score (nSPS) is 11.9. The molecule has 30 heavy (non-hydrogen) atoms. The van der Waals surface area contributed by atoms with Gasteiger partial charge in [0.1, 0.15) is 5.52 Å². The van der Waals surface area contributed by atoms with E-state index < -0.39 is 9.84 Å². The van der Waals surface area contributed by atoms with Crippen molar-refractivity contribution in [3.63, 3.8) is 0 Å². The van der Waals surface area contributed by atoms with Gasteiger partial charge in [-0.15, -0.1) is 0 Å². The van der Waals surface area contributed by atoms with Crippen LogP contribution in [0.4, 0.5) is 5.13 Å². The van der Waals surface area contributed by atoms with Gasteiger partial charge in [0, 0.05) is 19.5 Å². The maximum atomic E-state index is 13.0. The summed E-state index contributed by atoms with van der Waals surface area (Å²) >= 11 is 7.61. The highest BCUT2D eigenvalue weighted by Gasteiger charge is 2.23. The number of sulfone groups is 1. The molecule has 0 saturated carbocycles. The van der Waals surface area contributed by atoms with Crippen molar-refractivity contribution in [3.05, 3.63) is 53.1 Å². The number of thiazole rings is 1. The van der Waals surface area contributed by atoms with E-state index >= 15 is 0 Å². The van der Waals surface area contributed by atoms with Crippen molar-refractivity contribution >= 4 is 54.0 Å². The zero-order chi connectivity index (χ0) is 21.9. The van der Waals surface area contributed by atoms with E-state index in [-0.39, 0.29) is 23.0 Å². The Morgan fingerprint density at radius 1 is 1.10 bits per heavy atom. The number of nitrogens with zero attached hydrogens (tertiary/aromatic N) is 3. The molecular weight excluding hydrogens is 442 g/mol. The minimum absolute atomic E-state index is 0.118. The van der Waals surface area contributed by atoms with Crippen LogP contribution in [-0.2, 0) is 14.6 Å². The van der Waals surface area contributed by atoms with Gasteiger partial charge >= 0.3 is 0 Å². The Hall–Kier alpha value is -2.00. The first-order chi connectivity index (χ1) is 14.2. The molecule has 6 nitrogen and oxygen atoms in total. The molecule has 0 saturated heterocycles. The molecule has 1 aromatic heterocycles. The fourth-order valence-corrected chi connectivity index (χ4v) is 5.40. The van der Waals surface area contributed by atoms with Crippen LogP contribution in [0.2, 0.25) is 5.02 Å². The third-order valence-electron chi connectivity index (χ3n) is 4.63. The number of aromatic nitrogens is 1. The first-order valence-corrected chi connectivity index (χ1v) is 12.3. The van der Waals surface area contributed by atoms with Gasteiger partial charge in [-0.05, 0) is 45.3 Å². The maximum Gasteiger partial charge on any atom is 0.229 e. The Morgan fingerprint density at radius 3 is 2.43 bits per heavy atom. The lowest BCUT2D eigenvalue weighted by Crippen LogP contribution is -2.37. The second-order valence-electron chi connectivity index (χ2n) is 7.31. The first-order valence-electron chi connectivity index (χ1n) is 9.47. The summed E-state index contributed by atoms with van der Waals surface area (Å²) in [5.41, 5.74) is 1.63. The predicted octanol–water partition coefficient (Wildman–Crippen LogP) is 4.02. The monoisotopic (exact) mass is 465 g/mol. The average Bonchev–Trinajstić information content (AvgIpc) is 3.12. The zero-order valence-electron chi connectivity index (χ0n) is 17.1. The smallest absolute Gasteiger partial charge is 0.229 e. The molecule has 0 atom stereocenters. The zero-order valence-corrected chi connectivity index (χ0v) is 19.5. The van der Waals surface area contributed by atoms with Crippen LogP contribution in [0.5, 0.6) is 0 Å². The number of hydrogen-bond donors (Lipinski definition) is 0. The van der Waals surface area contributed by atoms with Gasteiger partial charge in [0.15, 0.2) is 15.0 Å². The fraction of sp³-hybridized carbons (Fsp3) is 0.333. The number of carbonyl (C=O) groups is 1. The van der Waals surface area contributed by atoms with E-state index in [2.05, 4.69) is 4.98 Å². The lowest BCUT2D eigenvalue weighted by molar-refractivity contribution is -0.118. The molecule has 0 unspecified atom stereocenters. The molecule has 1 amide bonds. The van der Waals surface area contributed by atoms with Crippen LogP contribution in [0.15, 0.2) is 47.4 Å². The van der Waals surface area contributed by atoms with Gasteiger partial charge in [-0.3, -0.25) is 9.69 Å². The van der Waals surface area contributed by atoms with Gasteiger partial charge in [0.25, 0.3) is 0 Å². The number of para-hydroxylation sites is 1. The molecular formula is C21H24ClN3O3S2. The number of likely N-dealkylation sites (N-methyl/N-ethyl adjacent to an activating group) is 1. The number of amides is 1. The summed E-state index contributed by atoms with van der Waals surface area (Å²) < 4.78 is 26.2. The second-order valence-corrected chi connectivity index (χ2v) is 10.8. The van der Waals surface area contributed by atoms with E-state index in [0.29, 0.717) is 28.8 Å². The fourth-order valence-electron chi connectivity index (χ4n) is 2.87. The highest BCUT2D eigenvalue weighted by atomic mass is 35.5. The molecule has 0 fully saturated rings. The molecule has 9 heteroatoms. The third-order valence-corrected chi connectivity index (χ3v) is 7.71. The minimum Gasteiger partial charge on any atom is -0.308 e. The summed E-state index contributed by atoms with van der Waals surface area (Å²) in [6.45, 7) is 2.93. The first kappa shape index (κ1) is 22.7. The van der Waals surface area contributed by atoms with Gasteiger partial charge in [0.05, 0.1) is 20.4 Å². The largest absolute Gasteiger partial charge is 0.308 e. The van der Waals surface area contributed by atoms with Gasteiger partial charge < -0.3 is 4.90 Å². The molecule has 1 heterocycles. The van der Waals surface area contributed by atoms with Crippen molar-refractivity contribution in [3.8, 4) is 0 Å². The maximum absolute atomic E-state index is 13.0. The third kappa shape index (κ3) is 5.37. The Morgan fingerprint density at radius 2 is 1.80 bits per heavy atom. The van der Waals surface area contributed by atoms with Crippen LogP contribution >= 0.6 is 22.9 Å². The minimum atomic E-state index is -3.55. The number of anilines is 1. The number of rotatable bonds is 8. The SMILES string of the molecule is Cc1ccc(S(=O)(=O)CCC(=O)N(CCN(C)C)c2nc3c(Cl)cccc3s2)cc1. The van der Waals surface area contributed by atoms with E-state index in [1.54, 1.807) is 35.2 Å².